The molecular formula is C21H27N2O3+. The van der Waals surface area contributed by atoms with Gasteiger partial charge in [-0.2, -0.15) is 0 Å². The zero-order chi connectivity index (χ0) is 18.8. The number of carbonyl (C=O) groups excluding carboxylic acids is 2. The van der Waals surface area contributed by atoms with Crippen molar-refractivity contribution in [3.63, 3.8) is 0 Å². The molecule has 1 aliphatic carbocycles. The summed E-state index contributed by atoms with van der Waals surface area (Å²) in [5, 5.41) is 2.16. The van der Waals surface area contributed by atoms with Crippen LogP contribution in [0.25, 0.3) is 0 Å². The maximum atomic E-state index is 13.0. The van der Waals surface area contributed by atoms with Crippen LogP contribution >= 0.6 is 0 Å². The Morgan fingerprint density at radius 1 is 1.27 bits per heavy atom. The first-order valence-corrected chi connectivity index (χ1v) is 9.18. The van der Waals surface area contributed by atoms with Gasteiger partial charge in [0.1, 0.15) is 12.1 Å². The lowest BCUT2D eigenvalue weighted by Crippen LogP contribution is -2.92. The number of hydrogen-bond donors (Lipinski definition) is 2. The van der Waals surface area contributed by atoms with Crippen molar-refractivity contribution in [3.05, 3.63) is 57.9 Å². The standard InChI is InChI=1S/C21H26N2O3/c1-12-18(21(25)26-4)13(2)23-19(12)20(24)14(3)22-17-11-7-9-15-8-5-6-10-16(15)17/h5-6,8,10,14,17,22-23H,7,9,11H2,1-4H3/p+1/t14-,17-/m1/s1. The molecule has 0 amide bonds. The summed E-state index contributed by atoms with van der Waals surface area (Å²) in [5.41, 5.74) is 5.05. The van der Waals surface area contributed by atoms with Gasteiger partial charge in [-0.25, -0.2) is 4.79 Å². The summed E-state index contributed by atoms with van der Waals surface area (Å²) in [6, 6.07) is 8.58. The second-order valence-electron chi connectivity index (χ2n) is 7.16. The number of Topliss-reactive ketones (excluding diaryl/α,β-unsaturated/α-hetero) is 1. The maximum Gasteiger partial charge on any atom is 0.339 e. The van der Waals surface area contributed by atoms with Gasteiger partial charge < -0.3 is 15.0 Å². The summed E-state index contributed by atoms with van der Waals surface area (Å²) in [5.74, 6) is -0.392. The van der Waals surface area contributed by atoms with Crippen molar-refractivity contribution < 1.29 is 19.6 Å². The van der Waals surface area contributed by atoms with Crippen LogP contribution in [0.1, 0.15) is 69.0 Å². The number of benzene rings is 1. The first kappa shape index (κ1) is 18.4. The lowest BCUT2D eigenvalue weighted by atomic mass is 9.87. The van der Waals surface area contributed by atoms with Gasteiger partial charge in [-0.15, -0.1) is 0 Å². The molecule has 0 saturated carbocycles. The number of methoxy groups -OCH3 is 1. The highest BCUT2D eigenvalue weighted by molar-refractivity contribution is 6.03. The molecule has 0 fully saturated rings. The Bertz CT molecular complexity index is 838. The number of carbonyl (C=O) groups is 2. The number of quaternary nitrogens is 1. The van der Waals surface area contributed by atoms with Gasteiger partial charge in [0, 0.05) is 17.7 Å². The molecule has 0 radical (unpaired) electrons. The maximum absolute atomic E-state index is 13.0. The Balaban J connectivity index is 1.81. The fourth-order valence-corrected chi connectivity index (χ4v) is 4.06. The summed E-state index contributed by atoms with van der Waals surface area (Å²) in [7, 11) is 1.35. The van der Waals surface area contributed by atoms with Crippen LogP contribution in [-0.4, -0.2) is 29.9 Å². The third-order valence-electron chi connectivity index (χ3n) is 5.42. The van der Waals surface area contributed by atoms with Crippen molar-refractivity contribution >= 4 is 11.8 Å². The number of nitrogens with one attached hydrogen (secondary N) is 1. The highest BCUT2D eigenvalue weighted by atomic mass is 16.5. The number of hydrogen-bond acceptors (Lipinski definition) is 3. The minimum absolute atomic E-state index is 0.0174. The number of fused-ring (bicyclic) bond motifs is 1. The molecule has 138 valence electrons. The van der Waals surface area contributed by atoms with Crippen molar-refractivity contribution in [3.8, 4) is 0 Å². The Morgan fingerprint density at radius 3 is 2.73 bits per heavy atom. The molecule has 0 bridgehead atoms. The van der Waals surface area contributed by atoms with Gasteiger partial charge in [-0.3, -0.25) is 4.79 Å². The molecule has 3 N–H and O–H groups in total. The molecule has 0 unspecified atom stereocenters. The Morgan fingerprint density at radius 2 is 2.00 bits per heavy atom. The van der Waals surface area contributed by atoms with Crippen LogP contribution in [0.4, 0.5) is 0 Å². The minimum Gasteiger partial charge on any atom is -0.465 e. The average Bonchev–Trinajstić information content (AvgIpc) is 2.95. The number of ether oxygens (including phenoxy) is 1. The van der Waals surface area contributed by atoms with E-state index in [1.54, 1.807) is 13.8 Å². The summed E-state index contributed by atoms with van der Waals surface area (Å²) in [6.45, 7) is 5.53. The number of ketones is 1. The second-order valence-corrected chi connectivity index (χ2v) is 7.16. The number of nitrogens with two attached hydrogens (primary N) is 1. The molecular weight excluding hydrogens is 328 g/mol. The number of H-pyrrole nitrogens is 1. The lowest BCUT2D eigenvalue weighted by Gasteiger charge is -2.25. The van der Waals surface area contributed by atoms with E-state index in [9.17, 15) is 9.59 Å². The second kappa shape index (κ2) is 7.46. The van der Waals surface area contributed by atoms with Crippen LogP contribution in [0.15, 0.2) is 24.3 Å². The monoisotopic (exact) mass is 355 g/mol. The molecule has 1 aliphatic rings. The van der Waals surface area contributed by atoms with Gasteiger partial charge in [0.25, 0.3) is 0 Å². The van der Waals surface area contributed by atoms with Gasteiger partial charge in [0.05, 0.1) is 18.4 Å². The Kier molecular flexibility index (Phi) is 5.28. The summed E-state index contributed by atoms with van der Waals surface area (Å²) in [4.78, 5) is 28.1. The van der Waals surface area contributed by atoms with E-state index < -0.39 is 5.97 Å². The SMILES string of the molecule is COC(=O)c1c(C)[nH]c(C(=O)[C@@H](C)[NH2+][C@@H]2CCCc3ccccc32)c1C. The van der Waals surface area contributed by atoms with E-state index in [0.717, 1.165) is 19.3 Å². The zero-order valence-corrected chi connectivity index (χ0v) is 15.9. The van der Waals surface area contributed by atoms with Crippen molar-refractivity contribution in [2.24, 2.45) is 0 Å². The van der Waals surface area contributed by atoms with E-state index in [1.165, 1.54) is 18.2 Å². The van der Waals surface area contributed by atoms with Crippen LogP contribution in [0.2, 0.25) is 0 Å². The number of esters is 1. The third kappa shape index (κ3) is 3.31. The average molecular weight is 355 g/mol. The van der Waals surface area contributed by atoms with Crippen molar-refractivity contribution in [2.45, 2.75) is 52.1 Å². The van der Waals surface area contributed by atoms with Gasteiger partial charge in [-0.1, -0.05) is 24.3 Å². The van der Waals surface area contributed by atoms with Crippen LogP contribution in [0, 0.1) is 13.8 Å². The zero-order valence-electron chi connectivity index (χ0n) is 15.9. The van der Waals surface area contributed by atoms with Gasteiger partial charge >= 0.3 is 5.97 Å². The van der Waals surface area contributed by atoms with E-state index >= 15 is 0 Å². The number of rotatable bonds is 5. The molecule has 0 saturated heterocycles. The predicted molar refractivity (Wildman–Crippen MR) is 99.4 cm³/mol. The highest BCUT2D eigenvalue weighted by Gasteiger charge is 2.31. The quantitative estimate of drug-likeness (QED) is 0.639. The van der Waals surface area contributed by atoms with Gasteiger partial charge in [0.2, 0.25) is 5.78 Å². The lowest BCUT2D eigenvalue weighted by molar-refractivity contribution is -0.713. The topological polar surface area (TPSA) is 75.8 Å². The molecule has 1 aromatic carbocycles. The van der Waals surface area contributed by atoms with Crippen LogP contribution in [-0.2, 0) is 11.2 Å². The molecule has 2 aromatic rings. The first-order chi connectivity index (χ1) is 12.4. The van der Waals surface area contributed by atoms with Crippen molar-refractivity contribution in [1.82, 2.24) is 4.98 Å². The normalized spacial score (nSPS) is 17.5. The largest absolute Gasteiger partial charge is 0.465 e. The molecule has 2 atom stereocenters. The summed E-state index contributed by atoms with van der Waals surface area (Å²) >= 11 is 0. The van der Waals surface area contributed by atoms with Crippen LogP contribution in [0.3, 0.4) is 0 Å². The summed E-state index contributed by atoms with van der Waals surface area (Å²) < 4.78 is 4.83. The van der Waals surface area contributed by atoms with E-state index in [2.05, 4.69) is 34.6 Å². The fraction of sp³-hybridized carbons (Fsp3) is 0.429. The fourth-order valence-electron chi connectivity index (χ4n) is 4.06. The third-order valence-corrected chi connectivity index (χ3v) is 5.42. The van der Waals surface area contributed by atoms with Crippen molar-refractivity contribution in [1.29, 1.82) is 0 Å². The smallest absolute Gasteiger partial charge is 0.339 e. The van der Waals surface area contributed by atoms with Crippen molar-refractivity contribution in [2.75, 3.05) is 7.11 Å². The molecule has 0 aliphatic heterocycles. The molecule has 5 nitrogen and oxygen atoms in total. The predicted octanol–water partition coefficient (Wildman–Crippen LogP) is 2.63. The molecule has 5 heteroatoms. The van der Waals surface area contributed by atoms with Crippen LogP contribution < -0.4 is 5.32 Å². The molecule has 3 rings (SSSR count). The summed E-state index contributed by atoms with van der Waals surface area (Å²) in [6.07, 6.45) is 3.33. The Labute approximate surface area is 154 Å². The van der Waals surface area contributed by atoms with Gasteiger partial charge in [-0.05, 0) is 44.7 Å². The van der Waals surface area contributed by atoms with E-state index in [0.29, 0.717) is 28.6 Å². The first-order valence-electron chi connectivity index (χ1n) is 9.18. The molecule has 26 heavy (non-hydrogen) atoms. The van der Waals surface area contributed by atoms with Gasteiger partial charge in [0.15, 0.2) is 0 Å². The van der Waals surface area contributed by atoms with E-state index in [-0.39, 0.29) is 11.8 Å². The molecule has 0 spiro atoms. The van der Waals surface area contributed by atoms with Crippen LogP contribution in [0.5, 0.6) is 0 Å². The molecule has 1 aromatic heterocycles. The number of aryl methyl sites for hydroxylation is 2. The number of aromatic amines is 1. The number of aromatic nitrogens is 1. The minimum atomic E-state index is -0.409. The molecule has 1 heterocycles. The van der Waals surface area contributed by atoms with E-state index in [4.69, 9.17) is 4.74 Å². The Hall–Kier alpha value is -2.40. The highest BCUT2D eigenvalue weighted by Crippen LogP contribution is 2.27. The van der Waals surface area contributed by atoms with E-state index in [1.807, 2.05) is 6.92 Å².